The minimum Gasteiger partial charge on any atom is -0.355 e. The third-order valence-electron chi connectivity index (χ3n) is 3.84. The maximum atomic E-state index is 12.5. The van der Waals surface area contributed by atoms with Gasteiger partial charge in [0.25, 0.3) is 0 Å². The molecule has 0 spiro atoms. The van der Waals surface area contributed by atoms with Crippen molar-refractivity contribution in [2.24, 2.45) is 5.92 Å². The molecule has 1 aromatic heterocycles. The predicted molar refractivity (Wildman–Crippen MR) is 91.2 cm³/mol. The average molecular weight is 322 g/mol. The van der Waals surface area contributed by atoms with E-state index in [1.165, 1.54) is 0 Å². The number of nitrogens with zero attached hydrogens (tertiary/aromatic N) is 3. The molecule has 0 aliphatic heterocycles. The van der Waals surface area contributed by atoms with Crippen LogP contribution in [0, 0.1) is 19.8 Å². The number of carbonyl (C=O) groups is 2. The van der Waals surface area contributed by atoms with Crippen molar-refractivity contribution in [2.45, 2.75) is 54.5 Å². The molecule has 0 radical (unpaired) electrons. The predicted octanol–water partition coefficient (Wildman–Crippen LogP) is 1.68. The van der Waals surface area contributed by atoms with Gasteiger partial charge in [-0.3, -0.25) is 14.3 Å². The summed E-state index contributed by atoms with van der Waals surface area (Å²) in [5.41, 5.74) is 2.91. The molecule has 0 fully saturated rings. The molecule has 23 heavy (non-hydrogen) atoms. The summed E-state index contributed by atoms with van der Waals surface area (Å²) in [5, 5.41) is 7.27. The molecule has 6 nitrogen and oxygen atoms in total. The molecule has 1 aromatic rings. The zero-order chi connectivity index (χ0) is 17.6. The SMILES string of the molecule is CCNC(=O)CN(CC)C(=O)Cc1c(C)nn(CC(C)C)c1C. The summed E-state index contributed by atoms with van der Waals surface area (Å²) < 4.78 is 1.97. The molecule has 1 rings (SSSR count). The first-order chi connectivity index (χ1) is 10.8. The third-order valence-corrected chi connectivity index (χ3v) is 3.84. The summed E-state index contributed by atoms with van der Waals surface area (Å²) in [7, 11) is 0. The van der Waals surface area contributed by atoms with Crippen molar-refractivity contribution in [1.82, 2.24) is 20.0 Å². The number of likely N-dealkylation sites (N-methyl/N-ethyl adjacent to an activating group) is 2. The van der Waals surface area contributed by atoms with Gasteiger partial charge < -0.3 is 10.2 Å². The molecule has 0 aliphatic carbocycles. The number of amides is 2. The number of carbonyl (C=O) groups excluding carboxylic acids is 2. The van der Waals surface area contributed by atoms with Gasteiger partial charge in [-0.25, -0.2) is 0 Å². The number of nitrogens with one attached hydrogen (secondary N) is 1. The van der Waals surface area contributed by atoms with Crippen LogP contribution in [0.15, 0.2) is 0 Å². The molecule has 2 amide bonds. The first-order valence-corrected chi connectivity index (χ1v) is 8.37. The van der Waals surface area contributed by atoms with Gasteiger partial charge in [-0.05, 0) is 33.6 Å². The van der Waals surface area contributed by atoms with Gasteiger partial charge >= 0.3 is 0 Å². The van der Waals surface area contributed by atoms with Crippen molar-refractivity contribution >= 4 is 11.8 Å². The van der Waals surface area contributed by atoms with Crippen molar-refractivity contribution in [3.05, 3.63) is 17.0 Å². The van der Waals surface area contributed by atoms with Crippen LogP contribution < -0.4 is 5.32 Å². The van der Waals surface area contributed by atoms with Crippen LogP contribution in [0.25, 0.3) is 0 Å². The molecule has 0 aromatic carbocycles. The van der Waals surface area contributed by atoms with Gasteiger partial charge in [0.2, 0.25) is 11.8 Å². The highest BCUT2D eigenvalue weighted by Gasteiger charge is 2.20. The van der Waals surface area contributed by atoms with Gasteiger partial charge in [0, 0.05) is 30.9 Å². The summed E-state index contributed by atoms with van der Waals surface area (Å²) in [6.45, 7) is 14.0. The Morgan fingerprint density at radius 3 is 2.43 bits per heavy atom. The minimum atomic E-state index is -0.119. The van der Waals surface area contributed by atoms with E-state index in [2.05, 4.69) is 24.3 Å². The zero-order valence-corrected chi connectivity index (χ0v) is 15.3. The van der Waals surface area contributed by atoms with Gasteiger partial charge in [-0.1, -0.05) is 13.8 Å². The Bertz CT molecular complexity index is 549. The topological polar surface area (TPSA) is 67.2 Å². The lowest BCUT2D eigenvalue weighted by Crippen LogP contribution is -2.41. The Morgan fingerprint density at radius 1 is 1.26 bits per heavy atom. The zero-order valence-electron chi connectivity index (χ0n) is 15.3. The number of rotatable bonds is 8. The second kappa shape index (κ2) is 8.70. The summed E-state index contributed by atoms with van der Waals surface area (Å²) >= 11 is 0. The highest BCUT2D eigenvalue weighted by atomic mass is 16.2. The first kappa shape index (κ1) is 19.2. The first-order valence-electron chi connectivity index (χ1n) is 8.37. The van der Waals surface area contributed by atoms with Gasteiger partial charge in [-0.15, -0.1) is 0 Å². The number of hydrogen-bond acceptors (Lipinski definition) is 3. The van der Waals surface area contributed by atoms with E-state index in [9.17, 15) is 9.59 Å². The summed E-state index contributed by atoms with van der Waals surface area (Å²) in [5.74, 6) is 0.349. The van der Waals surface area contributed by atoms with Gasteiger partial charge in [0.05, 0.1) is 18.7 Å². The fraction of sp³-hybridized carbons (Fsp3) is 0.706. The quantitative estimate of drug-likeness (QED) is 0.792. The Labute approximate surface area is 139 Å². The van der Waals surface area contributed by atoms with E-state index in [1.54, 1.807) is 4.90 Å². The maximum Gasteiger partial charge on any atom is 0.239 e. The van der Waals surface area contributed by atoms with Crippen molar-refractivity contribution < 1.29 is 9.59 Å². The van der Waals surface area contributed by atoms with E-state index in [1.807, 2.05) is 32.4 Å². The normalized spacial score (nSPS) is 10.9. The molecule has 0 atom stereocenters. The Hall–Kier alpha value is -1.85. The highest BCUT2D eigenvalue weighted by molar-refractivity contribution is 5.86. The van der Waals surface area contributed by atoms with Gasteiger partial charge in [0.1, 0.15) is 0 Å². The molecule has 1 heterocycles. The van der Waals surface area contributed by atoms with Crippen LogP contribution in [-0.2, 0) is 22.6 Å². The molecule has 0 bridgehead atoms. The summed E-state index contributed by atoms with van der Waals surface area (Å²) in [6.07, 6.45) is 0.295. The van der Waals surface area contributed by atoms with Crippen LogP contribution >= 0.6 is 0 Å². The van der Waals surface area contributed by atoms with Crippen LogP contribution in [0.3, 0.4) is 0 Å². The Morgan fingerprint density at radius 2 is 1.91 bits per heavy atom. The van der Waals surface area contributed by atoms with E-state index in [4.69, 9.17) is 0 Å². The second-order valence-corrected chi connectivity index (χ2v) is 6.26. The van der Waals surface area contributed by atoms with Crippen molar-refractivity contribution in [1.29, 1.82) is 0 Å². The van der Waals surface area contributed by atoms with Crippen LogP contribution in [0.5, 0.6) is 0 Å². The molecule has 0 saturated carbocycles. The van der Waals surface area contributed by atoms with E-state index in [-0.39, 0.29) is 18.4 Å². The molecule has 130 valence electrons. The van der Waals surface area contributed by atoms with Crippen LogP contribution in [0.1, 0.15) is 44.6 Å². The summed E-state index contributed by atoms with van der Waals surface area (Å²) in [6, 6.07) is 0. The lowest BCUT2D eigenvalue weighted by molar-refractivity contribution is -0.135. The number of hydrogen-bond donors (Lipinski definition) is 1. The van der Waals surface area contributed by atoms with Gasteiger partial charge in [0.15, 0.2) is 0 Å². The molecule has 0 saturated heterocycles. The lowest BCUT2D eigenvalue weighted by Gasteiger charge is -2.20. The molecule has 1 N–H and O–H groups in total. The largest absolute Gasteiger partial charge is 0.355 e. The van der Waals surface area contributed by atoms with E-state index < -0.39 is 0 Å². The monoisotopic (exact) mass is 322 g/mol. The molecule has 0 aliphatic rings. The van der Waals surface area contributed by atoms with E-state index >= 15 is 0 Å². The maximum absolute atomic E-state index is 12.5. The summed E-state index contributed by atoms with van der Waals surface area (Å²) in [4.78, 5) is 25.8. The second-order valence-electron chi connectivity index (χ2n) is 6.26. The van der Waals surface area contributed by atoms with Crippen molar-refractivity contribution in [3.63, 3.8) is 0 Å². The van der Waals surface area contributed by atoms with Crippen LogP contribution in [0.4, 0.5) is 0 Å². The minimum absolute atomic E-state index is 0.0333. The van der Waals surface area contributed by atoms with Crippen LogP contribution in [-0.4, -0.2) is 46.1 Å². The smallest absolute Gasteiger partial charge is 0.239 e. The standard InChI is InChI=1S/C17H30N4O2/c1-7-18-16(22)11-20(8-2)17(23)9-15-13(5)19-21(14(15)6)10-12(3)4/h12H,7-11H2,1-6H3,(H,18,22). The van der Waals surface area contributed by atoms with E-state index in [0.29, 0.717) is 25.4 Å². The highest BCUT2D eigenvalue weighted by Crippen LogP contribution is 2.16. The van der Waals surface area contributed by atoms with Crippen LogP contribution in [0.2, 0.25) is 0 Å². The lowest BCUT2D eigenvalue weighted by atomic mass is 10.1. The number of aromatic nitrogens is 2. The van der Waals surface area contributed by atoms with Gasteiger partial charge in [-0.2, -0.15) is 5.10 Å². The molecular weight excluding hydrogens is 292 g/mol. The third kappa shape index (κ3) is 5.37. The average Bonchev–Trinajstić information content (AvgIpc) is 2.71. The fourth-order valence-corrected chi connectivity index (χ4v) is 2.58. The fourth-order valence-electron chi connectivity index (χ4n) is 2.58. The van der Waals surface area contributed by atoms with Crippen molar-refractivity contribution in [3.8, 4) is 0 Å². The van der Waals surface area contributed by atoms with E-state index in [0.717, 1.165) is 23.5 Å². The van der Waals surface area contributed by atoms with Crippen molar-refractivity contribution in [2.75, 3.05) is 19.6 Å². The Kier molecular flexibility index (Phi) is 7.26. The molecular formula is C17H30N4O2. The molecule has 0 unspecified atom stereocenters. The number of aryl methyl sites for hydroxylation is 1. The Balaban J connectivity index is 2.83. The molecule has 6 heteroatoms.